The van der Waals surface area contributed by atoms with E-state index in [0.29, 0.717) is 16.8 Å². The molecule has 0 amide bonds. The first-order valence-corrected chi connectivity index (χ1v) is 11.1. The summed E-state index contributed by atoms with van der Waals surface area (Å²) in [5.74, 6) is -1.02. The number of carbonyl (C=O) groups excluding carboxylic acids is 1. The van der Waals surface area contributed by atoms with Crippen molar-refractivity contribution in [2.45, 2.75) is 47.1 Å². The highest BCUT2D eigenvalue weighted by molar-refractivity contribution is 6.01. The van der Waals surface area contributed by atoms with E-state index in [-0.39, 0.29) is 5.56 Å². The van der Waals surface area contributed by atoms with Crippen LogP contribution in [0, 0.1) is 20.8 Å². The number of nitrogens with zero attached hydrogens (tertiary/aromatic N) is 2. The molecule has 0 radical (unpaired) electrons. The zero-order chi connectivity index (χ0) is 24.8. The number of aromatic carboxylic acids is 1. The van der Waals surface area contributed by atoms with Crippen LogP contribution in [0.1, 0.15) is 48.1 Å². The lowest BCUT2D eigenvalue weighted by atomic mass is 10.0. The summed E-state index contributed by atoms with van der Waals surface area (Å²) < 4.78 is 7.32. The Kier molecular flexibility index (Phi) is 5.77. The fraction of sp³-hybridized carbons (Fsp3) is 0.250. The third kappa shape index (κ3) is 4.44. The molecule has 4 rings (SSSR count). The number of fused-ring (bicyclic) bond motifs is 1. The van der Waals surface area contributed by atoms with Gasteiger partial charge in [0.25, 0.3) is 0 Å². The second kappa shape index (κ2) is 8.45. The van der Waals surface area contributed by atoms with Crippen LogP contribution in [0.15, 0.2) is 54.6 Å². The Hall–Kier alpha value is -3.93. The van der Waals surface area contributed by atoms with Crippen LogP contribution in [0.3, 0.4) is 0 Å². The third-order valence-electron chi connectivity index (χ3n) is 5.60. The molecule has 0 atom stereocenters. The van der Waals surface area contributed by atoms with E-state index in [0.717, 1.165) is 33.5 Å². The number of aryl methyl sites for hydroxylation is 3. The molecule has 6 heteroatoms. The monoisotopic (exact) mass is 456 g/mol. The van der Waals surface area contributed by atoms with Gasteiger partial charge in [-0.15, -0.1) is 0 Å². The lowest BCUT2D eigenvalue weighted by Gasteiger charge is -2.21. The Bertz CT molecular complexity index is 1420. The number of hydrogen-bond acceptors (Lipinski definition) is 4. The van der Waals surface area contributed by atoms with Crippen molar-refractivity contribution in [3.05, 3.63) is 77.1 Å². The van der Waals surface area contributed by atoms with Gasteiger partial charge in [-0.1, -0.05) is 24.3 Å². The molecule has 0 aliphatic heterocycles. The van der Waals surface area contributed by atoms with Crippen molar-refractivity contribution in [3.8, 4) is 22.4 Å². The van der Waals surface area contributed by atoms with E-state index in [9.17, 15) is 14.7 Å². The molecule has 0 unspecified atom stereocenters. The largest absolute Gasteiger partial charge is 0.478 e. The molecule has 0 saturated heterocycles. The van der Waals surface area contributed by atoms with E-state index in [1.807, 2.05) is 77.9 Å². The van der Waals surface area contributed by atoms with Crippen LogP contribution in [-0.2, 0) is 4.74 Å². The maximum Gasteiger partial charge on any atom is 0.419 e. The van der Waals surface area contributed by atoms with Crippen molar-refractivity contribution >= 4 is 23.0 Å². The maximum absolute atomic E-state index is 13.5. The number of carbonyl (C=O) groups is 2. The number of benzene rings is 2. The first-order chi connectivity index (χ1) is 15.9. The predicted octanol–water partition coefficient (Wildman–Crippen LogP) is 6.78. The third-order valence-corrected chi connectivity index (χ3v) is 5.60. The summed E-state index contributed by atoms with van der Waals surface area (Å²) in [4.78, 5) is 29.5. The van der Waals surface area contributed by atoms with Crippen molar-refractivity contribution in [2.75, 3.05) is 0 Å². The molecule has 0 bridgehead atoms. The number of carboxylic acid groups (broad SMARTS) is 1. The summed E-state index contributed by atoms with van der Waals surface area (Å²) in [6.45, 7) is 11.3. The summed E-state index contributed by atoms with van der Waals surface area (Å²) in [6.07, 6.45) is -0.513. The number of pyridine rings is 1. The summed E-state index contributed by atoms with van der Waals surface area (Å²) in [5.41, 5.74) is 6.08. The van der Waals surface area contributed by atoms with Crippen molar-refractivity contribution in [2.24, 2.45) is 0 Å². The summed E-state index contributed by atoms with van der Waals surface area (Å²) >= 11 is 0. The van der Waals surface area contributed by atoms with Gasteiger partial charge in [0.2, 0.25) is 0 Å². The van der Waals surface area contributed by atoms with Crippen molar-refractivity contribution < 1.29 is 19.4 Å². The van der Waals surface area contributed by atoms with Crippen molar-refractivity contribution in [3.63, 3.8) is 0 Å². The average Bonchev–Trinajstić information content (AvgIpc) is 3.04. The Balaban J connectivity index is 2.02. The predicted molar refractivity (Wildman–Crippen MR) is 133 cm³/mol. The minimum atomic E-state index is -1.02. The minimum Gasteiger partial charge on any atom is -0.478 e. The van der Waals surface area contributed by atoms with Gasteiger partial charge in [0.1, 0.15) is 5.60 Å². The van der Waals surface area contributed by atoms with Crippen LogP contribution >= 0.6 is 0 Å². The molecule has 0 spiro atoms. The summed E-state index contributed by atoms with van der Waals surface area (Å²) in [5, 5.41) is 10.4. The molecular weight excluding hydrogens is 428 g/mol. The Labute approximate surface area is 198 Å². The number of aromatic nitrogens is 2. The maximum atomic E-state index is 13.5. The Morgan fingerprint density at radius 2 is 1.56 bits per heavy atom. The lowest BCUT2D eigenvalue weighted by molar-refractivity contribution is 0.0546. The molecule has 0 aliphatic rings. The van der Waals surface area contributed by atoms with E-state index >= 15 is 0 Å². The van der Waals surface area contributed by atoms with Gasteiger partial charge in [-0.05, 0) is 94.1 Å². The quantitative estimate of drug-likeness (QED) is 0.368. The number of ether oxygens (including phenoxy) is 1. The van der Waals surface area contributed by atoms with Crippen LogP contribution in [-0.4, -0.2) is 32.3 Å². The number of carboxylic acids is 1. The standard InChI is InChI=1S/C28H28N2O4/c1-16-12-22(13-17(2)29-16)19-10-11-23-18(3)25(20-8-7-9-21(14-20)26(31)32)30(24(23)15-19)27(33)34-28(4,5)6/h7-15H,1-6H3,(H,31,32). The molecule has 34 heavy (non-hydrogen) atoms. The molecule has 6 nitrogen and oxygen atoms in total. The Morgan fingerprint density at radius 3 is 2.18 bits per heavy atom. The van der Waals surface area contributed by atoms with Crippen molar-refractivity contribution in [1.82, 2.24) is 9.55 Å². The van der Waals surface area contributed by atoms with Crippen LogP contribution < -0.4 is 0 Å². The molecule has 174 valence electrons. The van der Waals surface area contributed by atoms with Gasteiger partial charge in [-0.3, -0.25) is 4.98 Å². The highest BCUT2D eigenvalue weighted by Gasteiger charge is 2.26. The van der Waals surface area contributed by atoms with E-state index in [1.54, 1.807) is 16.7 Å². The van der Waals surface area contributed by atoms with Crippen LogP contribution in [0.5, 0.6) is 0 Å². The van der Waals surface area contributed by atoms with E-state index in [4.69, 9.17) is 4.74 Å². The number of rotatable bonds is 3. The van der Waals surface area contributed by atoms with Gasteiger partial charge >= 0.3 is 12.1 Å². The van der Waals surface area contributed by atoms with Crippen molar-refractivity contribution in [1.29, 1.82) is 0 Å². The SMILES string of the molecule is Cc1cc(-c2ccc3c(C)c(-c4cccc(C(=O)O)c4)n(C(=O)OC(C)(C)C)c3c2)cc(C)n1. The summed E-state index contributed by atoms with van der Waals surface area (Å²) in [6, 6.07) is 16.6. The van der Waals surface area contributed by atoms with E-state index in [2.05, 4.69) is 4.98 Å². The van der Waals surface area contributed by atoms with Gasteiger partial charge in [-0.2, -0.15) is 0 Å². The second-order valence-corrected chi connectivity index (χ2v) is 9.55. The first-order valence-electron chi connectivity index (χ1n) is 11.1. The van der Waals surface area contributed by atoms with Crippen LogP contribution in [0.25, 0.3) is 33.3 Å². The van der Waals surface area contributed by atoms with Crippen LogP contribution in [0.4, 0.5) is 4.79 Å². The number of hydrogen-bond donors (Lipinski definition) is 1. The highest BCUT2D eigenvalue weighted by Crippen LogP contribution is 2.36. The molecule has 2 aromatic heterocycles. The minimum absolute atomic E-state index is 0.154. The van der Waals surface area contributed by atoms with Gasteiger partial charge in [-0.25, -0.2) is 14.2 Å². The van der Waals surface area contributed by atoms with Crippen LogP contribution in [0.2, 0.25) is 0 Å². The van der Waals surface area contributed by atoms with Gasteiger partial charge in [0.15, 0.2) is 0 Å². The molecule has 0 aliphatic carbocycles. The van der Waals surface area contributed by atoms with Gasteiger partial charge < -0.3 is 9.84 Å². The second-order valence-electron chi connectivity index (χ2n) is 9.55. The molecule has 4 aromatic rings. The smallest absolute Gasteiger partial charge is 0.419 e. The Morgan fingerprint density at radius 1 is 0.882 bits per heavy atom. The van der Waals surface area contributed by atoms with E-state index in [1.165, 1.54) is 6.07 Å². The fourth-order valence-corrected chi connectivity index (χ4v) is 4.27. The molecule has 2 heterocycles. The molecule has 2 aromatic carbocycles. The van der Waals surface area contributed by atoms with Gasteiger partial charge in [0, 0.05) is 16.8 Å². The highest BCUT2D eigenvalue weighted by atomic mass is 16.6. The molecule has 0 saturated carbocycles. The fourth-order valence-electron chi connectivity index (χ4n) is 4.27. The van der Waals surface area contributed by atoms with Gasteiger partial charge in [0.05, 0.1) is 16.8 Å². The molecule has 1 N–H and O–H groups in total. The zero-order valence-corrected chi connectivity index (χ0v) is 20.3. The zero-order valence-electron chi connectivity index (χ0n) is 20.3. The molecular formula is C28H28N2O4. The van der Waals surface area contributed by atoms with E-state index < -0.39 is 17.7 Å². The average molecular weight is 457 g/mol. The lowest BCUT2D eigenvalue weighted by Crippen LogP contribution is -2.27. The summed E-state index contributed by atoms with van der Waals surface area (Å²) in [7, 11) is 0. The molecule has 0 fully saturated rings. The topological polar surface area (TPSA) is 81.4 Å². The normalized spacial score (nSPS) is 11.6. The first kappa shape index (κ1) is 23.2.